The van der Waals surface area contributed by atoms with Gasteiger partial charge < -0.3 is 10.0 Å². The van der Waals surface area contributed by atoms with Crippen LogP contribution in [0.2, 0.25) is 0 Å². The Balaban J connectivity index is 2.18. The van der Waals surface area contributed by atoms with Crippen molar-refractivity contribution in [2.24, 2.45) is 7.05 Å². The number of carbonyl (C=O) groups is 1. The number of anilines is 1. The Kier molecular flexibility index (Phi) is 3.57. The van der Waals surface area contributed by atoms with Gasteiger partial charge in [-0.2, -0.15) is 15.0 Å². The molecule has 1 heterocycles. The third-order valence-electron chi connectivity index (χ3n) is 2.45. The highest BCUT2D eigenvalue weighted by atomic mass is 16.4. The van der Waals surface area contributed by atoms with Gasteiger partial charge >= 0.3 is 5.97 Å². The van der Waals surface area contributed by atoms with Crippen LogP contribution in [-0.2, 0) is 18.4 Å². The molecule has 2 rings (SSSR count). The van der Waals surface area contributed by atoms with Crippen molar-refractivity contribution in [2.75, 3.05) is 11.4 Å². The minimum atomic E-state index is -0.872. The average molecular weight is 246 g/mol. The number of carboxylic acid groups (broad SMARTS) is 1. The molecular weight excluding hydrogens is 232 g/mol. The molecule has 0 fully saturated rings. The fraction of sp³-hybridized carbons (Fsp3) is 0.250. The topological polar surface area (TPSA) is 71.2 Å². The molecule has 2 aromatic rings. The van der Waals surface area contributed by atoms with Crippen molar-refractivity contribution in [3.63, 3.8) is 0 Å². The Labute approximate surface area is 104 Å². The second kappa shape index (κ2) is 5.31. The normalized spacial score (nSPS) is 10.3. The van der Waals surface area contributed by atoms with E-state index < -0.39 is 5.97 Å². The zero-order valence-corrected chi connectivity index (χ0v) is 10.0. The van der Waals surface area contributed by atoms with Gasteiger partial charge in [-0.25, -0.2) is 0 Å². The van der Waals surface area contributed by atoms with Crippen LogP contribution in [-0.4, -0.2) is 32.6 Å². The molecule has 1 aromatic carbocycles. The first-order valence-electron chi connectivity index (χ1n) is 5.52. The van der Waals surface area contributed by atoms with E-state index in [2.05, 4.69) is 10.2 Å². The Morgan fingerprint density at radius 3 is 2.67 bits per heavy atom. The van der Waals surface area contributed by atoms with E-state index in [4.69, 9.17) is 5.11 Å². The molecule has 0 saturated carbocycles. The maximum atomic E-state index is 10.9. The largest absolute Gasteiger partial charge is 0.480 e. The third kappa shape index (κ3) is 3.07. The van der Waals surface area contributed by atoms with Crippen LogP contribution in [0.1, 0.15) is 5.69 Å². The second-order valence-corrected chi connectivity index (χ2v) is 3.91. The van der Waals surface area contributed by atoms with Gasteiger partial charge in [0.15, 0.2) is 0 Å². The molecule has 0 aliphatic rings. The maximum Gasteiger partial charge on any atom is 0.323 e. The lowest BCUT2D eigenvalue weighted by Crippen LogP contribution is -2.29. The molecule has 6 nitrogen and oxygen atoms in total. The van der Waals surface area contributed by atoms with Crippen molar-refractivity contribution in [3.05, 3.63) is 42.2 Å². The van der Waals surface area contributed by atoms with Crippen LogP contribution in [0.25, 0.3) is 0 Å². The summed E-state index contributed by atoms with van der Waals surface area (Å²) in [7, 11) is 1.73. The van der Waals surface area contributed by atoms with Crippen LogP contribution in [0.3, 0.4) is 0 Å². The predicted octanol–water partition coefficient (Wildman–Crippen LogP) is 0.906. The zero-order chi connectivity index (χ0) is 13.0. The predicted molar refractivity (Wildman–Crippen MR) is 66.1 cm³/mol. The van der Waals surface area contributed by atoms with Gasteiger partial charge in [0.1, 0.15) is 12.2 Å². The average Bonchev–Trinajstić information content (AvgIpc) is 2.75. The van der Waals surface area contributed by atoms with Crippen LogP contribution in [0.15, 0.2) is 36.5 Å². The Bertz CT molecular complexity index is 524. The first kappa shape index (κ1) is 12.1. The van der Waals surface area contributed by atoms with Gasteiger partial charge in [-0.15, -0.1) is 0 Å². The molecule has 0 aliphatic heterocycles. The molecule has 18 heavy (non-hydrogen) atoms. The van der Waals surface area contributed by atoms with E-state index in [0.717, 1.165) is 11.4 Å². The molecule has 0 aliphatic carbocycles. The van der Waals surface area contributed by atoms with Crippen molar-refractivity contribution in [2.45, 2.75) is 6.54 Å². The van der Waals surface area contributed by atoms with Gasteiger partial charge in [0.25, 0.3) is 0 Å². The first-order valence-corrected chi connectivity index (χ1v) is 5.52. The molecule has 6 heteroatoms. The summed E-state index contributed by atoms with van der Waals surface area (Å²) < 4.78 is 0. The van der Waals surface area contributed by atoms with E-state index in [9.17, 15) is 4.79 Å². The highest BCUT2D eigenvalue weighted by Gasteiger charge is 2.12. The monoisotopic (exact) mass is 246 g/mol. The van der Waals surface area contributed by atoms with Crippen molar-refractivity contribution in [1.29, 1.82) is 0 Å². The van der Waals surface area contributed by atoms with Crippen LogP contribution >= 0.6 is 0 Å². The number of aryl methyl sites for hydroxylation is 1. The number of nitrogens with zero attached hydrogens (tertiary/aromatic N) is 4. The number of hydrogen-bond acceptors (Lipinski definition) is 4. The lowest BCUT2D eigenvalue weighted by Gasteiger charge is -2.21. The number of carboxylic acids is 1. The number of para-hydroxylation sites is 1. The minimum absolute atomic E-state index is 0.0689. The van der Waals surface area contributed by atoms with E-state index in [1.54, 1.807) is 18.1 Å². The number of rotatable bonds is 5. The van der Waals surface area contributed by atoms with Gasteiger partial charge in [-0.05, 0) is 12.1 Å². The first-order chi connectivity index (χ1) is 8.65. The maximum absolute atomic E-state index is 10.9. The van der Waals surface area contributed by atoms with E-state index in [-0.39, 0.29) is 6.54 Å². The molecule has 0 radical (unpaired) electrons. The smallest absolute Gasteiger partial charge is 0.323 e. The number of aliphatic carboxylic acids is 1. The van der Waals surface area contributed by atoms with Crippen LogP contribution < -0.4 is 4.90 Å². The third-order valence-corrected chi connectivity index (χ3v) is 2.45. The van der Waals surface area contributed by atoms with E-state index in [1.165, 1.54) is 4.80 Å². The van der Waals surface area contributed by atoms with Gasteiger partial charge in [-0.3, -0.25) is 4.79 Å². The molecule has 0 atom stereocenters. The zero-order valence-electron chi connectivity index (χ0n) is 10.0. The molecule has 0 saturated heterocycles. The van der Waals surface area contributed by atoms with Crippen LogP contribution in [0.5, 0.6) is 0 Å². The summed E-state index contributed by atoms with van der Waals surface area (Å²) in [5.74, 6) is -0.872. The molecule has 1 aromatic heterocycles. The highest BCUT2D eigenvalue weighted by molar-refractivity contribution is 5.73. The Morgan fingerprint density at radius 2 is 2.11 bits per heavy atom. The number of aromatic nitrogens is 3. The molecule has 1 N–H and O–H groups in total. The SMILES string of the molecule is Cn1ncc(CN(CC(=O)O)c2ccccc2)n1. The quantitative estimate of drug-likeness (QED) is 0.849. The number of hydrogen-bond donors (Lipinski definition) is 1. The fourth-order valence-electron chi connectivity index (χ4n) is 1.70. The van der Waals surface area contributed by atoms with Crippen molar-refractivity contribution < 1.29 is 9.90 Å². The second-order valence-electron chi connectivity index (χ2n) is 3.91. The van der Waals surface area contributed by atoms with Gasteiger partial charge in [0.2, 0.25) is 0 Å². The summed E-state index contributed by atoms with van der Waals surface area (Å²) in [5, 5.41) is 17.1. The Morgan fingerprint density at radius 1 is 1.39 bits per heavy atom. The summed E-state index contributed by atoms with van der Waals surface area (Å²) in [6, 6.07) is 9.39. The summed E-state index contributed by atoms with van der Waals surface area (Å²) in [5.41, 5.74) is 1.59. The summed E-state index contributed by atoms with van der Waals surface area (Å²) in [4.78, 5) is 14.1. The van der Waals surface area contributed by atoms with Crippen LogP contribution in [0.4, 0.5) is 5.69 Å². The lowest BCUT2D eigenvalue weighted by atomic mass is 10.2. The van der Waals surface area contributed by atoms with Crippen LogP contribution in [0, 0.1) is 0 Å². The summed E-state index contributed by atoms with van der Waals surface area (Å²) in [6.45, 7) is 0.352. The molecule has 0 spiro atoms. The standard InChI is InChI=1S/C12H14N4O2/c1-15-13-7-10(14-15)8-16(9-12(17)18)11-5-3-2-4-6-11/h2-7H,8-9H2,1H3,(H,17,18). The summed E-state index contributed by atoms with van der Waals surface area (Å²) in [6.07, 6.45) is 1.64. The number of benzene rings is 1. The van der Waals surface area contributed by atoms with Gasteiger partial charge in [0.05, 0.1) is 12.7 Å². The molecular formula is C12H14N4O2. The van der Waals surface area contributed by atoms with Crippen molar-refractivity contribution >= 4 is 11.7 Å². The van der Waals surface area contributed by atoms with Crippen molar-refractivity contribution in [3.8, 4) is 0 Å². The summed E-state index contributed by atoms with van der Waals surface area (Å²) >= 11 is 0. The molecule has 0 bridgehead atoms. The van der Waals surface area contributed by atoms with Gasteiger partial charge in [0, 0.05) is 12.7 Å². The molecule has 94 valence electrons. The van der Waals surface area contributed by atoms with E-state index in [0.29, 0.717) is 6.54 Å². The van der Waals surface area contributed by atoms with E-state index >= 15 is 0 Å². The van der Waals surface area contributed by atoms with E-state index in [1.807, 2.05) is 30.3 Å². The van der Waals surface area contributed by atoms with Gasteiger partial charge in [-0.1, -0.05) is 18.2 Å². The molecule has 0 amide bonds. The molecule has 0 unspecified atom stereocenters. The lowest BCUT2D eigenvalue weighted by molar-refractivity contribution is -0.135. The fourth-order valence-corrected chi connectivity index (χ4v) is 1.70. The minimum Gasteiger partial charge on any atom is -0.480 e. The Hall–Kier alpha value is -2.37. The van der Waals surface area contributed by atoms with Crippen molar-refractivity contribution in [1.82, 2.24) is 15.0 Å². The highest BCUT2D eigenvalue weighted by Crippen LogP contribution is 2.15.